The van der Waals surface area contributed by atoms with Gasteiger partial charge >= 0.3 is 12.2 Å². The number of carbonyl (C=O) groups is 2. The van der Waals surface area contributed by atoms with Crippen LogP contribution >= 0.6 is 11.3 Å². The number of rotatable bonds is 6. The van der Waals surface area contributed by atoms with E-state index in [2.05, 4.69) is 10.3 Å². The third-order valence-electron chi connectivity index (χ3n) is 4.50. The summed E-state index contributed by atoms with van der Waals surface area (Å²) in [6, 6.07) is 7.66. The lowest BCUT2D eigenvalue weighted by Crippen LogP contribution is -2.31. The first-order valence-corrected chi connectivity index (χ1v) is 10.6. The zero-order valence-corrected chi connectivity index (χ0v) is 18.2. The molecular weight excluding hydrogens is 406 g/mol. The standard InChI is InChI=1S/C21H27N3O5S/c1-21(2,3)29-19(25)23-11-17-10-22-18(30-17)15-4-6-16(7-5-15)28-13-14-8-9-24(12-14)20(26)27/h4-7,10,14H,8-9,11-13H2,1-3H3,(H,23,25)(H,26,27)/t14-/m0/s1. The number of likely N-dealkylation sites (tertiary alicyclic amines) is 1. The minimum absolute atomic E-state index is 0.222. The summed E-state index contributed by atoms with van der Waals surface area (Å²) in [6.45, 7) is 7.42. The Labute approximate surface area is 179 Å². The molecule has 0 aliphatic carbocycles. The van der Waals surface area contributed by atoms with Gasteiger partial charge in [0.05, 0.1) is 13.2 Å². The van der Waals surface area contributed by atoms with E-state index >= 15 is 0 Å². The van der Waals surface area contributed by atoms with Crippen molar-refractivity contribution >= 4 is 23.5 Å². The van der Waals surface area contributed by atoms with E-state index in [1.54, 1.807) is 6.20 Å². The Morgan fingerprint density at radius 1 is 1.30 bits per heavy atom. The molecule has 1 aromatic carbocycles. The van der Waals surface area contributed by atoms with Crippen LogP contribution in [0.4, 0.5) is 9.59 Å². The monoisotopic (exact) mass is 433 g/mol. The van der Waals surface area contributed by atoms with E-state index in [0.29, 0.717) is 26.2 Å². The number of ether oxygens (including phenoxy) is 2. The van der Waals surface area contributed by atoms with E-state index in [1.807, 2.05) is 45.0 Å². The average molecular weight is 434 g/mol. The van der Waals surface area contributed by atoms with E-state index in [0.717, 1.165) is 27.6 Å². The van der Waals surface area contributed by atoms with Gasteiger partial charge in [0, 0.05) is 35.6 Å². The second-order valence-corrected chi connectivity index (χ2v) is 9.32. The zero-order valence-electron chi connectivity index (χ0n) is 17.4. The number of nitrogens with zero attached hydrogens (tertiary/aromatic N) is 2. The lowest BCUT2D eigenvalue weighted by atomic mass is 10.1. The van der Waals surface area contributed by atoms with Crippen LogP contribution in [0.1, 0.15) is 32.1 Å². The molecule has 0 radical (unpaired) electrons. The highest BCUT2D eigenvalue weighted by molar-refractivity contribution is 7.15. The maximum atomic E-state index is 11.8. The summed E-state index contributed by atoms with van der Waals surface area (Å²) in [5.74, 6) is 0.968. The van der Waals surface area contributed by atoms with Crippen molar-refractivity contribution in [1.82, 2.24) is 15.2 Å². The van der Waals surface area contributed by atoms with E-state index in [1.165, 1.54) is 16.2 Å². The molecule has 1 saturated heterocycles. The fraction of sp³-hybridized carbons (Fsp3) is 0.476. The van der Waals surface area contributed by atoms with Crippen LogP contribution in [0.15, 0.2) is 30.5 Å². The summed E-state index contributed by atoms with van der Waals surface area (Å²) in [5, 5.41) is 12.6. The fourth-order valence-electron chi connectivity index (χ4n) is 3.05. The molecule has 1 aliphatic heterocycles. The minimum atomic E-state index is -0.869. The summed E-state index contributed by atoms with van der Waals surface area (Å²) < 4.78 is 11.1. The van der Waals surface area contributed by atoms with E-state index in [-0.39, 0.29) is 5.92 Å². The van der Waals surface area contributed by atoms with Crippen molar-refractivity contribution in [2.24, 2.45) is 5.92 Å². The first kappa shape index (κ1) is 21.9. The van der Waals surface area contributed by atoms with Crippen LogP contribution < -0.4 is 10.1 Å². The van der Waals surface area contributed by atoms with Crippen molar-refractivity contribution in [3.05, 3.63) is 35.3 Å². The van der Waals surface area contributed by atoms with Crippen molar-refractivity contribution < 1.29 is 24.2 Å². The fourth-order valence-corrected chi connectivity index (χ4v) is 3.90. The molecule has 1 aliphatic rings. The molecule has 30 heavy (non-hydrogen) atoms. The van der Waals surface area contributed by atoms with Crippen molar-refractivity contribution in [2.75, 3.05) is 19.7 Å². The minimum Gasteiger partial charge on any atom is -0.493 e. The Bertz CT molecular complexity index is 876. The van der Waals surface area contributed by atoms with Crippen molar-refractivity contribution in [1.29, 1.82) is 0 Å². The molecule has 162 valence electrons. The highest BCUT2D eigenvalue weighted by atomic mass is 32.1. The van der Waals surface area contributed by atoms with Crippen molar-refractivity contribution in [3.63, 3.8) is 0 Å². The molecule has 2 amide bonds. The Kier molecular flexibility index (Phi) is 6.81. The smallest absolute Gasteiger partial charge is 0.407 e. The third kappa shape index (κ3) is 6.35. The number of thiazole rings is 1. The Hall–Kier alpha value is -2.81. The predicted molar refractivity (Wildman–Crippen MR) is 114 cm³/mol. The molecule has 3 rings (SSSR count). The molecule has 0 saturated carbocycles. The van der Waals surface area contributed by atoms with Gasteiger partial charge in [-0.2, -0.15) is 0 Å². The highest BCUT2D eigenvalue weighted by Gasteiger charge is 2.26. The van der Waals surface area contributed by atoms with Gasteiger partial charge in [0.15, 0.2) is 0 Å². The van der Waals surface area contributed by atoms with Crippen LogP contribution in [-0.2, 0) is 11.3 Å². The van der Waals surface area contributed by atoms with Crippen molar-refractivity contribution in [2.45, 2.75) is 39.3 Å². The number of benzene rings is 1. The molecular formula is C21H27N3O5S. The molecule has 0 spiro atoms. The normalized spacial score (nSPS) is 16.4. The maximum absolute atomic E-state index is 11.8. The number of aromatic nitrogens is 1. The van der Waals surface area contributed by atoms with Gasteiger partial charge in [-0.05, 0) is 51.5 Å². The average Bonchev–Trinajstić information content (AvgIpc) is 3.33. The molecule has 2 aromatic rings. The molecule has 2 N–H and O–H groups in total. The van der Waals surface area contributed by atoms with Crippen LogP contribution in [0.2, 0.25) is 0 Å². The number of carboxylic acid groups (broad SMARTS) is 1. The van der Waals surface area contributed by atoms with E-state index in [4.69, 9.17) is 14.6 Å². The zero-order chi connectivity index (χ0) is 21.7. The summed E-state index contributed by atoms with van der Waals surface area (Å²) >= 11 is 1.51. The SMILES string of the molecule is CC(C)(C)OC(=O)NCc1cnc(-c2ccc(OC[C@H]3CCN(C(=O)O)C3)cc2)s1. The van der Waals surface area contributed by atoms with Crippen LogP contribution in [-0.4, -0.2) is 52.5 Å². The van der Waals surface area contributed by atoms with Gasteiger partial charge in [0.1, 0.15) is 16.4 Å². The quantitative estimate of drug-likeness (QED) is 0.708. The Morgan fingerprint density at radius 3 is 2.67 bits per heavy atom. The molecule has 1 fully saturated rings. The van der Waals surface area contributed by atoms with E-state index in [9.17, 15) is 9.59 Å². The summed E-state index contributed by atoms with van der Waals surface area (Å²) in [4.78, 5) is 29.5. The highest BCUT2D eigenvalue weighted by Crippen LogP contribution is 2.27. The van der Waals surface area contributed by atoms with Gasteiger partial charge in [-0.25, -0.2) is 14.6 Å². The molecule has 9 heteroatoms. The van der Waals surface area contributed by atoms with Gasteiger partial charge < -0.3 is 24.8 Å². The first-order valence-electron chi connectivity index (χ1n) is 9.82. The molecule has 0 unspecified atom stereocenters. The van der Waals surface area contributed by atoms with Gasteiger partial charge in [-0.1, -0.05) is 0 Å². The molecule has 8 nitrogen and oxygen atoms in total. The topological polar surface area (TPSA) is 101 Å². The predicted octanol–water partition coefficient (Wildman–Crippen LogP) is 4.21. The van der Waals surface area contributed by atoms with Crippen LogP contribution in [0.25, 0.3) is 10.6 Å². The van der Waals surface area contributed by atoms with Gasteiger partial charge in [0.25, 0.3) is 0 Å². The van der Waals surface area contributed by atoms with Gasteiger partial charge in [-0.15, -0.1) is 11.3 Å². The molecule has 2 heterocycles. The molecule has 0 bridgehead atoms. The van der Waals surface area contributed by atoms with Crippen molar-refractivity contribution in [3.8, 4) is 16.3 Å². The largest absolute Gasteiger partial charge is 0.493 e. The van der Waals surface area contributed by atoms with Crippen LogP contribution in [0, 0.1) is 5.92 Å². The van der Waals surface area contributed by atoms with E-state index < -0.39 is 17.8 Å². The van der Waals surface area contributed by atoms with Crippen LogP contribution in [0.5, 0.6) is 5.75 Å². The number of alkyl carbamates (subject to hydrolysis) is 1. The number of carbonyl (C=O) groups excluding carboxylic acids is 1. The number of hydrogen-bond donors (Lipinski definition) is 2. The molecule has 1 atom stereocenters. The lowest BCUT2D eigenvalue weighted by Gasteiger charge is -2.19. The third-order valence-corrected chi connectivity index (χ3v) is 5.55. The van der Waals surface area contributed by atoms with Gasteiger partial charge in [-0.3, -0.25) is 0 Å². The first-order chi connectivity index (χ1) is 14.2. The summed E-state index contributed by atoms with van der Waals surface area (Å²) in [5.41, 5.74) is 0.439. The summed E-state index contributed by atoms with van der Waals surface area (Å²) in [7, 11) is 0. The second kappa shape index (κ2) is 9.34. The molecule has 1 aromatic heterocycles. The summed E-state index contributed by atoms with van der Waals surface area (Å²) in [6.07, 6.45) is 1.25. The number of amides is 2. The Balaban J connectivity index is 1.48. The number of hydrogen-bond acceptors (Lipinski definition) is 6. The number of nitrogens with one attached hydrogen (secondary N) is 1. The maximum Gasteiger partial charge on any atom is 0.407 e. The lowest BCUT2D eigenvalue weighted by molar-refractivity contribution is 0.0524. The Morgan fingerprint density at radius 2 is 2.03 bits per heavy atom. The van der Waals surface area contributed by atoms with Gasteiger partial charge in [0.2, 0.25) is 0 Å². The van der Waals surface area contributed by atoms with Crippen LogP contribution in [0.3, 0.4) is 0 Å². The second-order valence-electron chi connectivity index (χ2n) is 8.21.